The number of rotatable bonds is 1. The summed E-state index contributed by atoms with van der Waals surface area (Å²) in [6, 6.07) is 17.5. The molecule has 0 fully saturated rings. The summed E-state index contributed by atoms with van der Waals surface area (Å²) in [4.78, 5) is 0. The zero-order valence-corrected chi connectivity index (χ0v) is 9.53. The lowest BCUT2D eigenvalue weighted by molar-refractivity contribution is 0.427. The highest BCUT2D eigenvalue weighted by Crippen LogP contribution is 2.19. The quantitative estimate of drug-likeness (QED) is 0.650. The summed E-state index contributed by atoms with van der Waals surface area (Å²) in [5.41, 5.74) is 0.924. The summed E-state index contributed by atoms with van der Waals surface area (Å²) in [7, 11) is 0. The summed E-state index contributed by atoms with van der Waals surface area (Å²) >= 11 is 0. The van der Waals surface area contributed by atoms with Crippen molar-refractivity contribution in [3.8, 4) is 11.8 Å². The van der Waals surface area contributed by atoms with Gasteiger partial charge in [0.2, 0.25) is 0 Å². The predicted molar refractivity (Wildman–Crippen MR) is 68.9 cm³/mol. The van der Waals surface area contributed by atoms with E-state index in [1.807, 2.05) is 18.2 Å². The minimum atomic E-state index is -1.76. The van der Waals surface area contributed by atoms with E-state index in [1.165, 1.54) is 0 Å². The van der Waals surface area contributed by atoms with Crippen LogP contribution in [0.2, 0.25) is 0 Å². The monoisotopic (exact) mass is 240 g/mol. The van der Waals surface area contributed by atoms with Crippen LogP contribution in [0.1, 0.15) is 11.1 Å². The number of hydrogen-bond donors (Lipinski definition) is 0. The Kier molecular flexibility index (Phi) is 3.88. The zero-order valence-electron chi connectivity index (χ0n) is 9.53. The standard InChI is InChI=1S/C16H10F2/c17-16(18)15(14-9-5-2-6-10-14)12-11-13-7-3-1-4-8-13/h1-10H. The Morgan fingerprint density at radius 1 is 0.778 bits per heavy atom. The van der Waals surface area contributed by atoms with Gasteiger partial charge in [-0.15, -0.1) is 0 Å². The summed E-state index contributed by atoms with van der Waals surface area (Å²) < 4.78 is 25.7. The lowest BCUT2D eigenvalue weighted by Crippen LogP contribution is -1.83. The molecule has 88 valence electrons. The summed E-state index contributed by atoms with van der Waals surface area (Å²) in [6.07, 6.45) is -1.76. The number of hydrogen-bond acceptors (Lipinski definition) is 0. The first-order valence-corrected chi connectivity index (χ1v) is 5.45. The van der Waals surface area contributed by atoms with Gasteiger partial charge in [0.05, 0.1) is 5.57 Å². The smallest absolute Gasteiger partial charge is 0.172 e. The molecule has 0 spiro atoms. The second-order valence-corrected chi connectivity index (χ2v) is 3.62. The van der Waals surface area contributed by atoms with E-state index in [0.29, 0.717) is 11.1 Å². The maximum atomic E-state index is 12.9. The molecule has 0 nitrogen and oxygen atoms in total. The number of halogens is 2. The van der Waals surface area contributed by atoms with Crippen LogP contribution in [0.25, 0.3) is 5.57 Å². The van der Waals surface area contributed by atoms with E-state index in [0.717, 1.165) is 0 Å². The van der Waals surface area contributed by atoms with Crippen molar-refractivity contribution in [3.05, 3.63) is 77.9 Å². The van der Waals surface area contributed by atoms with E-state index >= 15 is 0 Å². The third-order valence-corrected chi connectivity index (χ3v) is 2.36. The maximum absolute atomic E-state index is 12.9. The lowest BCUT2D eigenvalue weighted by Gasteiger charge is -1.97. The van der Waals surface area contributed by atoms with Crippen molar-refractivity contribution in [2.75, 3.05) is 0 Å². The van der Waals surface area contributed by atoms with Gasteiger partial charge in [0, 0.05) is 5.56 Å². The molecule has 0 aliphatic rings. The van der Waals surface area contributed by atoms with Gasteiger partial charge in [-0.05, 0) is 17.7 Å². The van der Waals surface area contributed by atoms with Crippen molar-refractivity contribution in [2.24, 2.45) is 0 Å². The van der Waals surface area contributed by atoms with E-state index < -0.39 is 6.08 Å². The third kappa shape index (κ3) is 3.05. The molecule has 0 heterocycles. The van der Waals surface area contributed by atoms with Crippen LogP contribution >= 0.6 is 0 Å². The van der Waals surface area contributed by atoms with Crippen LogP contribution in [0.15, 0.2) is 66.7 Å². The minimum Gasteiger partial charge on any atom is -0.172 e. The fourth-order valence-corrected chi connectivity index (χ4v) is 1.49. The van der Waals surface area contributed by atoms with Crippen molar-refractivity contribution >= 4 is 5.57 Å². The molecule has 0 amide bonds. The second-order valence-electron chi connectivity index (χ2n) is 3.62. The fraction of sp³-hybridized carbons (Fsp3) is 0. The lowest BCUT2D eigenvalue weighted by atomic mass is 10.1. The van der Waals surface area contributed by atoms with Gasteiger partial charge in [-0.3, -0.25) is 0 Å². The van der Waals surface area contributed by atoms with E-state index in [-0.39, 0.29) is 5.57 Å². The van der Waals surface area contributed by atoms with Crippen LogP contribution in [0.3, 0.4) is 0 Å². The Bertz CT molecular complexity index is 598. The molecular formula is C16H10F2. The average molecular weight is 240 g/mol. The normalized spacial score (nSPS) is 9.22. The Morgan fingerprint density at radius 3 is 1.89 bits per heavy atom. The molecule has 0 aliphatic carbocycles. The highest BCUT2D eigenvalue weighted by Gasteiger charge is 2.05. The molecule has 0 atom stereocenters. The second kappa shape index (κ2) is 5.79. The molecule has 18 heavy (non-hydrogen) atoms. The van der Waals surface area contributed by atoms with Gasteiger partial charge in [0.1, 0.15) is 0 Å². The molecular weight excluding hydrogens is 230 g/mol. The third-order valence-electron chi connectivity index (χ3n) is 2.36. The Morgan fingerprint density at radius 2 is 1.33 bits per heavy atom. The van der Waals surface area contributed by atoms with Gasteiger partial charge in [-0.1, -0.05) is 60.4 Å². The molecule has 0 saturated carbocycles. The zero-order chi connectivity index (χ0) is 12.8. The van der Waals surface area contributed by atoms with Crippen LogP contribution < -0.4 is 0 Å². The molecule has 2 heteroatoms. The maximum Gasteiger partial charge on any atom is 0.286 e. The van der Waals surface area contributed by atoms with Gasteiger partial charge >= 0.3 is 0 Å². The minimum absolute atomic E-state index is 0.223. The molecule has 2 rings (SSSR count). The summed E-state index contributed by atoms with van der Waals surface area (Å²) in [5.74, 6) is 5.27. The SMILES string of the molecule is FC(F)=C(C#Cc1ccccc1)c1ccccc1. The number of benzene rings is 2. The van der Waals surface area contributed by atoms with Gasteiger partial charge in [-0.25, -0.2) is 0 Å². The number of allylic oxidation sites excluding steroid dienone is 1. The van der Waals surface area contributed by atoms with E-state index in [9.17, 15) is 8.78 Å². The topological polar surface area (TPSA) is 0 Å². The first kappa shape index (κ1) is 12.1. The highest BCUT2D eigenvalue weighted by atomic mass is 19.3. The van der Waals surface area contributed by atoms with Crippen molar-refractivity contribution in [2.45, 2.75) is 0 Å². The van der Waals surface area contributed by atoms with Crippen molar-refractivity contribution in [1.82, 2.24) is 0 Å². The van der Waals surface area contributed by atoms with Gasteiger partial charge in [0.15, 0.2) is 0 Å². The van der Waals surface area contributed by atoms with E-state index in [4.69, 9.17) is 0 Å². The first-order chi connectivity index (χ1) is 8.77. The van der Waals surface area contributed by atoms with Crippen LogP contribution in [0.5, 0.6) is 0 Å². The molecule has 0 N–H and O–H groups in total. The summed E-state index contributed by atoms with van der Waals surface area (Å²) in [5, 5.41) is 0. The van der Waals surface area contributed by atoms with Gasteiger partial charge in [-0.2, -0.15) is 8.78 Å². The van der Waals surface area contributed by atoms with E-state index in [2.05, 4.69) is 11.8 Å². The fourth-order valence-electron chi connectivity index (χ4n) is 1.49. The van der Waals surface area contributed by atoms with E-state index in [1.54, 1.807) is 42.5 Å². The molecule has 0 unspecified atom stereocenters. The van der Waals surface area contributed by atoms with Crippen molar-refractivity contribution in [1.29, 1.82) is 0 Å². The molecule has 2 aromatic carbocycles. The molecule has 0 aromatic heterocycles. The Balaban J connectivity index is 2.37. The molecule has 0 saturated heterocycles. The van der Waals surface area contributed by atoms with Gasteiger partial charge in [0.25, 0.3) is 6.08 Å². The predicted octanol–water partition coefficient (Wildman–Crippen LogP) is 4.35. The largest absolute Gasteiger partial charge is 0.286 e. The van der Waals surface area contributed by atoms with Crippen LogP contribution in [0, 0.1) is 11.8 Å². The first-order valence-electron chi connectivity index (χ1n) is 5.45. The summed E-state index contributed by atoms with van der Waals surface area (Å²) in [6.45, 7) is 0. The molecule has 0 bridgehead atoms. The average Bonchev–Trinajstić information content (AvgIpc) is 2.41. The van der Waals surface area contributed by atoms with Crippen LogP contribution in [0.4, 0.5) is 8.78 Å². The van der Waals surface area contributed by atoms with Crippen LogP contribution in [-0.4, -0.2) is 0 Å². The van der Waals surface area contributed by atoms with Crippen LogP contribution in [-0.2, 0) is 0 Å². The van der Waals surface area contributed by atoms with Gasteiger partial charge < -0.3 is 0 Å². The Labute approximate surface area is 105 Å². The highest BCUT2D eigenvalue weighted by molar-refractivity contribution is 5.80. The van der Waals surface area contributed by atoms with Crippen molar-refractivity contribution in [3.63, 3.8) is 0 Å². The molecule has 2 aromatic rings. The molecule has 0 aliphatic heterocycles. The van der Waals surface area contributed by atoms with Crippen molar-refractivity contribution < 1.29 is 8.78 Å². The molecule has 0 radical (unpaired) electrons. The Hall–Kier alpha value is -2.40.